The molecule has 0 saturated carbocycles. The molecule has 0 radical (unpaired) electrons. The summed E-state index contributed by atoms with van der Waals surface area (Å²) in [6.45, 7) is 3.00. The summed E-state index contributed by atoms with van der Waals surface area (Å²) < 4.78 is 5.78. The van der Waals surface area contributed by atoms with Crippen molar-refractivity contribution in [1.29, 1.82) is 0 Å². The number of amides is 2. The second-order valence-electron chi connectivity index (χ2n) is 5.72. The maximum absolute atomic E-state index is 11.9. The number of carbonyl (C=O) groups is 3. The van der Waals surface area contributed by atoms with Crippen LogP contribution in [-0.4, -0.2) is 30.9 Å². The van der Waals surface area contributed by atoms with Gasteiger partial charge < -0.3 is 15.4 Å². The molecule has 0 aliphatic carbocycles. The van der Waals surface area contributed by atoms with Gasteiger partial charge in [0.25, 0.3) is 11.8 Å². The topological polar surface area (TPSA) is 84.5 Å². The molecule has 0 aliphatic heterocycles. The summed E-state index contributed by atoms with van der Waals surface area (Å²) in [6.07, 6.45) is 0. The Balaban J connectivity index is 1.76. The van der Waals surface area contributed by atoms with Gasteiger partial charge in [-0.1, -0.05) is 33.6 Å². The van der Waals surface area contributed by atoms with E-state index in [4.69, 9.17) is 4.74 Å². The fourth-order valence-corrected chi connectivity index (χ4v) is 2.67. The molecule has 2 aromatic carbocycles. The molecule has 2 N–H and O–H groups in total. The maximum atomic E-state index is 11.9. The highest BCUT2D eigenvalue weighted by atomic mass is 79.9. The van der Waals surface area contributed by atoms with Crippen molar-refractivity contribution in [2.45, 2.75) is 13.8 Å². The van der Waals surface area contributed by atoms with Crippen LogP contribution in [0.2, 0.25) is 0 Å². The summed E-state index contributed by atoms with van der Waals surface area (Å²) in [6, 6.07) is 12.4. The number of rotatable bonds is 6. The van der Waals surface area contributed by atoms with E-state index < -0.39 is 18.5 Å². The number of carbonyl (C=O) groups excluding carboxylic acids is 3. The number of aryl methyl sites for hydroxylation is 2. The number of halogens is 1. The number of anilines is 1. The van der Waals surface area contributed by atoms with Crippen molar-refractivity contribution in [3.63, 3.8) is 0 Å². The predicted molar refractivity (Wildman–Crippen MR) is 102 cm³/mol. The van der Waals surface area contributed by atoms with Crippen LogP contribution in [0.4, 0.5) is 5.69 Å². The average Bonchev–Trinajstić information content (AvgIpc) is 2.60. The number of hydrogen-bond donors (Lipinski definition) is 2. The lowest BCUT2D eigenvalue weighted by Crippen LogP contribution is -2.32. The Labute approximate surface area is 160 Å². The summed E-state index contributed by atoms with van der Waals surface area (Å²) in [7, 11) is 0. The Hall–Kier alpha value is -2.67. The molecule has 0 heterocycles. The van der Waals surface area contributed by atoms with Gasteiger partial charge in [-0.25, -0.2) is 0 Å². The van der Waals surface area contributed by atoms with Crippen molar-refractivity contribution < 1.29 is 19.1 Å². The van der Waals surface area contributed by atoms with Crippen molar-refractivity contribution in [3.05, 3.63) is 63.6 Å². The van der Waals surface area contributed by atoms with Gasteiger partial charge >= 0.3 is 5.97 Å². The van der Waals surface area contributed by atoms with Crippen LogP contribution in [0, 0.1) is 13.8 Å². The summed E-state index contributed by atoms with van der Waals surface area (Å²) in [5, 5.41) is 5.13. The molecule has 0 aliphatic rings. The summed E-state index contributed by atoms with van der Waals surface area (Å²) in [5.41, 5.74) is 2.92. The predicted octanol–water partition coefficient (Wildman–Crippen LogP) is 2.98. The van der Waals surface area contributed by atoms with Crippen LogP contribution in [0.25, 0.3) is 0 Å². The molecule has 0 fully saturated rings. The molecule has 0 atom stereocenters. The van der Waals surface area contributed by atoms with Gasteiger partial charge in [-0.15, -0.1) is 0 Å². The highest BCUT2D eigenvalue weighted by Gasteiger charge is 2.11. The zero-order valence-electron chi connectivity index (χ0n) is 14.5. The quantitative estimate of drug-likeness (QED) is 0.706. The van der Waals surface area contributed by atoms with E-state index in [1.54, 1.807) is 30.3 Å². The fraction of sp³-hybridized carbons (Fsp3) is 0.211. The molecule has 2 aromatic rings. The lowest BCUT2D eigenvalue weighted by molar-refractivity contribution is -0.146. The molecular weight excluding hydrogens is 400 g/mol. The van der Waals surface area contributed by atoms with E-state index in [2.05, 4.69) is 26.6 Å². The molecule has 0 saturated heterocycles. The fourth-order valence-electron chi connectivity index (χ4n) is 2.19. The van der Waals surface area contributed by atoms with Gasteiger partial charge in [0.2, 0.25) is 0 Å². The average molecular weight is 419 g/mol. The first kappa shape index (κ1) is 19.7. The van der Waals surface area contributed by atoms with Crippen LogP contribution in [-0.2, 0) is 14.3 Å². The third-order valence-corrected chi connectivity index (χ3v) is 3.99. The van der Waals surface area contributed by atoms with Crippen LogP contribution in [0.1, 0.15) is 21.5 Å². The molecule has 0 aromatic heterocycles. The van der Waals surface area contributed by atoms with Gasteiger partial charge in [0.15, 0.2) is 6.61 Å². The van der Waals surface area contributed by atoms with Crippen LogP contribution in [0.5, 0.6) is 0 Å². The molecule has 7 heteroatoms. The number of benzene rings is 2. The van der Waals surface area contributed by atoms with Gasteiger partial charge in [0.1, 0.15) is 6.54 Å². The molecule has 0 spiro atoms. The molecule has 2 rings (SSSR count). The molecule has 26 heavy (non-hydrogen) atoms. The standard InChI is InChI=1S/C19H19BrN2O4/c1-12-4-3-5-14(8-12)19(25)21-10-18(24)26-11-17(23)22-16-7-6-15(20)9-13(16)2/h3-9H,10-11H2,1-2H3,(H,21,25)(H,22,23). The summed E-state index contributed by atoms with van der Waals surface area (Å²) >= 11 is 3.35. The van der Waals surface area contributed by atoms with E-state index in [9.17, 15) is 14.4 Å². The molecule has 2 amide bonds. The minimum atomic E-state index is -0.686. The van der Waals surface area contributed by atoms with Crippen molar-refractivity contribution in [3.8, 4) is 0 Å². The first-order chi connectivity index (χ1) is 12.3. The zero-order chi connectivity index (χ0) is 19.1. The maximum Gasteiger partial charge on any atom is 0.325 e. The van der Waals surface area contributed by atoms with E-state index >= 15 is 0 Å². The minimum Gasteiger partial charge on any atom is -0.454 e. The summed E-state index contributed by atoms with van der Waals surface area (Å²) in [5.74, 6) is -1.51. The van der Waals surface area contributed by atoms with E-state index in [0.29, 0.717) is 11.3 Å². The van der Waals surface area contributed by atoms with Crippen molar-refractivity contribution >= 4 is 39.4 Å². The smallest absolute Gasteiger partial charge is 0.325 e. The van der Waals surface area contributed by atoms with E-state index in [-0.39, 0.29) is 12.5 Å². The van der Waals surface area contributed by atoms with E-state index in [1.807, 2.05) is 26.0 Å². The molecule has 6 nitrogen and oxygen atoms in total. The highest BCUT2D eigenvalue weighted by Crippen LogP contribution is 2.19. The van der Waals surface area contributed by atoms with Gasteiger partial charge in [-0.3, -0.25) is 14.4 Å². The van der Waals surface area contributed by atoms with Crippen LogP contribution in [0.15, 0.2) is 46.9 Å². The molecule has 136 valence electrons. The first-order valence-corrected chi connectivity index (χ1v) is 8.71. The molecular formula is C19H19BrN2O4. The van der Waals surface area contributed by atoms with Crippen LogP contribution < -0.4 is 10.6 Å². The third kappa shape index (κ3) is 6.00. The molecule has 0 unspecified atom stereocenters. The zero-order valence-corrected chi connectivity index (χ0v) is 16.1. The first-order valence-electron chi connectivity index (χ1n) is 7.91. The Bertz CT molecular complexity index is 836. The van der Waals surface area contributed by atoms with Gasteiger partial charge in [0.05, 0.1) is 0 Å². The van der Waals surface area contributed by atoms with E-state index in [1.165, 1.54) is 0 Å². The second-order valence-corrected chi connectivity index (χ2v) is 6.64. The lowest BCUT2D eigenvalue weighted by Gasteiger charge is -2.10. The SMILES string of the molecule is Cc1cccc(C(=O)NCC(=O)OCC(=O)Nc2ccc(Br)cc2C)c1. The Morgan fingerprint density at radius 2 is 1.85 bits per heavy atom. The van der Waals surface area contributed by atoms with E-state index in [0.717, 1.165) is 15.6 Å². The van der Waals surface area contributed by atoms with Crippen molar-refractivity contribution in [2.75, 3.05) is 18.5 Å². The number of nitrogens with one attached hydrogen (secondary N) is 2. The number of hydrogen-bond acceptors (Lipinski definition) is 4. The van der Waals surface area contributed by atoms with Crippen molar-refractivity contribution in [2.24, 2.45) is 0 Å². The minimum absolute atomic E-state index is 0.308. The highest BCUT2D eigenvalue weighted by molar-refractivity contribution is 9.10. The Morgan fingerprint density at radius 3 is 2.54 bits per heavy atom. The largest absolute Gasteiger partial charge is 0.454 e. The number of ether oxygens (including phenoxy) is 1. The normalized spacial score (nSPS) is 10.1. The van der Waals surface area contributed by atoms with Gasteiger partial charge in [-0.05, 0) is 49.7 Å². The van der Waals surface area contributed by atoms with Gasteiger partial charge in [0, 0.05) is 15.7 Å². The van der Waals surface area contributed by atoms with Crippen molar-refractivity contribution in [1.82, 2.24) is 5.32 Å². The Kier molecular flexibility index (Phi) is 6.91. The second kappa shape index (κ2) is 9.15. The van der Waals surface area contributed by atoms with Gasteiger partial charge in [-0.2, -0.15) is 0 Å². The Morgan fingerprint density at radius 1 is 1.08 bits per heavy atom. The lowest BCUT2D eigenvalue weighted by atomic mass is 10.1. The monoisotopic (exact) mass is 418 g/mol. The molecule has 0 bridgehead atoms. The third-order valence-electron chi connectivity index (χ3n) is 3.50. The van der Waals surface area contributed by atoms with Crippen LogP contribution >= 0.6 is 15.9 Å². The number of esters is 1. The summed E-state index contributed by atoms with van der Waals surface area (Å²) in [4.78, 5) is 35.5. The van der Waals surface area contributed by atoms with Crippen LogP contribution in [0.3, 0.4) is 0 Å².